The number of aryl methyl sites for hydroxylation is 1. The number of likely N-dealkylation sites (tertiary alicyclic amines) is 1. The molecule has 6 heteroatoms. The molecule has 2 aromatic rings. The molecule has 1 saturated heterocycles. The van der Waals surface area contributed by atoms with Crippen LogP contribution in [-0.4, -0.2) is 48.2 Å². The molecule has 2 amide bonds. The van der Waals surface area contributed by atoms with Crippen LogP contribution in [0.4, 0.5) is 5.69 Å². The second-order valence-corrected chi connectivity index (χ2v) is 7.52. The Kier molecular flexibility index (Phi) is 6.77. The molecule has 0 saturated carbocycles. The SMILES string of the molecule is CC(=O)c1ccc(NC(=O)CN2CCC(NC(=O)c3ccccc3C)CC2)cc1. The number of nitrogens with one attached hydrogen (secondary N) is 2. The standard InChI is InChI=1S/C23H27N3O3/c1-16-5-3-4-6-21(16)23(29)25-20-11-13-26(14-12-20)15-22(28)24-19-9-7-18(8-10-19)17(2)27/h3-10,20H,11-15H2,1-2H3,(H,24,28)(H,25,29). The first-order valence-electron chi connectivity index (χ1n) is 9.92. The lowest BCUT2D eigenvalue weighted by atomic mass is 10.0. The number of ketones is 1. The van der Waals surface area contributed by atoms with Crippen LogP contribution in [-0.2, 0) is 4.79 Å². The number of piperidine rings is 1. The van der Waals surface area contributed by atoms with E-state index in [0.717, 1.165) is 31.5 Å². The average molecular weight is 393 g/mol. The summed E-state index contributed by atoms with van der Waals surface area (Å²) in [6, 6.07) is 14.6. The molecular weight excluding hydrogens is 366 g/mol. The van der Waals surface area contributed by atoms with Gasteiger partial charge in [-0.25, -0.2) is 0 Å². The molecule has 0 aliphatic carbocycles. The van der Waals surface area contributed by atoms with E-state index >= 15 is 0 Å². The number of hydrogen-bond acceptors (Lipinski definition) is 4. The number of rotatable bonds is 6. The Morgan fingerprint density at radius 3 is 2.28 bits per heavy atom. The first kappa shape index (κ1) is 20.7. The Balaban J connectivity index is 1.43. The Bertz CT molecular complexity index is 884. The summed E-state index contributed by atoms with van der Waals surface area (Å²) in [5, 5.41) is 5.98. The third kappa shape index (κ3) is 5.74. The lowest BCUT2D eigenvalue weighted by molar-refractivity contribution is -0.117. The van der Waals surface area contributed by atoms with E-state index in [4.69, 9.17) is 0 Å². The van der Waals surface area contributed by atoms with Gasteiger partial charge in [-0.15, -0.1) is 0 Å². The summed E-state index contributed by atoms with van der Waals surface area (Å²) in [6.07, 6.45) is 1.64. The molecule has 0 radical (unpaired) electrons. The number of benzene rings is 2. The van der Waals surface area contributed by atoms with Crippen LogP contribution < -0.4 is 10.6 Å². The summed E-state index contributed by atoms with van der Waals surface area (Å²) in [6.45, 7) is 5.28. The molecule has 6 nitrogen and oxygen atoms in total. The predicted octanol–water partition coefficient (Wildman–Crippen LogP) is 3.03. The first-order valence-corrected chi connectivity index (χ1v) is 9.92. The van der Waals surface area contributed by atoms with Crippen LogP contribution in [0.5, 0.6) is 0 Å². The van der Waals surface area contributed by atoms with Crippen molar-refractivity contribution in [3.8, 4) is 0 Å². The van der Waals surface area contributed by atoms with Crippen molar-refractivity contribution in [3.05, 3.63) is 65.2 Å². The van der Waals surface area contributed by atoms with Gasteiger partial charge in [0.25, 0.3) is 5.91 Å². The molecule has 0 atom stereocenters. The minimum Gasteiger partial charge on any atom is -0.349 e. The molecule has 152 valence electrons. The van der Waals surface area contributed by atoms with Gasteiger partial charge >= 0.3 is 0 Å². The fourth-order valence-electron chi connectivity index (χ4n) is 3.52. The van der Waals surface area contributed by atoms with Gasteiger partial charge in [0.1, 0.15) is 0 Å². The summed E-state index contributed by atoms with van der Waals surface area (Å²) in [4.78, 5) is 38.1. The summed E-state index contributed by atoms with van der Waals surface area (Å²) < 4.78 is 0. The van der Waals surface area contributed by atoms with Gasteiger partial charge in [0.2, 0.25) is 5.91 Å². The smallest absolute Gasteiger partial charge is 0.251 e. The van der Waals surface area contributed by atoms with Crippen molar-refractivity contribution in [2.45, 2.75) is 32.7 Å². The van der Waals surface area contributed by atoms with Crippen LogP contribution >= 0.6 is 0 Å². The minimum atomic E-state index is -0.0806. The fraction of sp³-hybridized carbons (Fsp3) is 0.348. The van der Waals surface area contributed by atoms with Gasteiger partial charge in [-0.2, -0.15) is 0 Å². The lowest BCUT2D eigenvalue weighted by Gasteiger charge is -2.32. The van der Waals surface area contributed by atoms with E-state index in [2.05, 4.69) is 15.5 Å². The van der Waals surface area contributed by atoms with E-state index in [1.807, 2.05) is 31.2 Å². The van der Waals surface area contributed by atoms with Crippen molar-refractivity contribution < 1.29 is 14.4 Å². The van der Waals surface area contributed by atoms with E-state index in [9.17, 15) is 14.4 Å². The topological polar surface area (TPSA) is 78.5 Å². The summed E-state index contributed by atoms with van der Waals surface area (Å²) in [7, 11) is 0. The maximum Gasteiger partial charge on any atom is 0.251 e. The quantitative estimate of drug-likeness (QED) is 0.740. The van der Waals surface area contributed by atoms with Crippen LogP contribution in [0, 0.1) is 6.92 Å². The lowest BCUT2D eigenvalue weighted by Crippen LogP contribution is -2.46. The van der Waals surface area contributed by atoms with E-state index in [1.54, 1.807) is 24.3 Å². The molecule has 1 heterocycles. The second kappa shape index (κ2) is 9.47. The summed E-state index contributed by atoms with van der Waals surface area (Å²) in [5.41, 5.74) is 2.98. The van der Waals surface area contributed by atoms with Gasteiger partial charge in [-0.05, 0) is 62.6 Å². The van der Waals surface area contributed by atoms with Crippen LogP contribution in [0.1, 0.15) is 46.0 Å². The molecule has 1 fully saturated rings. The predicted molar refractivity (Wildman–Crippen MR) is 113 cm³/mol. The molecular formula is C23H27N3O3. The molecule has 2 N–H and O–H groups in total. The number of nitrogens with zero attached hydrogens (tertiary/aromatic N) is 1. The Morgan fingerprint density at radius 2 is 1.66 bits per heavy atom. The van der Waals surface area contributed by atoms with Crippen LogP contribution in [0.3, 0.4) is 0 Å². The maximum absolute atomic E-state index is 12.5. The molecule has 0 bridgehead atoms. The summed E-state index contributed by atoms with van der Waals surface area (Å²) >= 11 is 0. The molecule has 0 unspecified atom stereocenters. The van der Waals surface area contributed by atoms with E-state index in [0.29, 0.717) is 23.4 Å². The number of Topliss-reactive ketones (excluding diaryl/α,β-unsaturated/α-hetero) is 1. The zero-order chi connectivity index (χ0) is 20.8. The first-order chi connectivity index (χ1) is 13.9. The zero-order valence-corrected chi connectivity index (χ0v) is 16.9. The molecule has 1 aliphatic heterocycles. The normalized spacial score (nSPS) is 15.0. The van der Waals surface area contributed by atoms with Crippen molar-refractivity contribution in [3.63, 3.8) is 0 Å². The molecule has 29 heavy (non-hydrogen) atoms. The highest BCUT2D eigenvalue weighted by Crippen LogP contribution is 2.14. The highest BCUT2D eigenvalue weighted by molar-refractivity contribution is 5.96. The fourth-order valence-corrected chi connectivity index (χ4v) is 3.52. The Hall–Kier alpha value is -2.99. The third-order valence-electron chi connectivity index (χ3n) is 5.25. The van der Waals surface area contributed by atoms with Crippen molar-refractivity contribution >= 4 is 23.3 Å². The van der Waals surface area contributed by atoms with Gasteiger partial charge < -0.3 is 10.6 Å². The van der Waals surface area contributed by atoms with Gasteiger partial charge in [0, 0.05) is 35.9 Å². The maximum atomic E-state index is 12.5. The number of carbonyl (C=O) groups excluding carboxylic acids is 3. The van der Waals surface area contributed by atoms with Crippen molar-refractivity contribution in [1.29, 1.82) is 0 Å². The van der Waals surface area contributed by atoms with E-state index < -0.39 is 0 Å². The summed E-state index contributed by atoms with van der Waals surface area (Å²) in [5.74, 6) is -0.114. The molecule has 1 aliphatic rings. The van der Waals surface area contributed by atoms with Crippen molar-refractivity contribution in [2.75, 3.05) is 25.0 Å². The molecule has 0 aromatic heterocycles. The number of hydrogen-bond donors (Lipinski definition) is 2. The van der Waals surface area contributed by atoms with Crippen LogP contribution in [0.2, 0.25) is 0 Å². The number of amides is 2. The Labute approximate surface area is 171 Å². The zero-order valence-electron chi connectivity index (χ0n) is 16.9. The van der Waals surface area contributed by atoms with Crippen LogP contribution in [0.15, 0.2) is 48.5 Å². The highest BCUT2D eigenvalue weighted by Gasteiger charge is 2.23. The molecule has 3 rings (SSSR count). The van der Waals surface area contributed by atoms with E-state index in [1.165, 1.54) is 6.92 Å². The largest absolute Gasteiger partial charge is 0.349 e. The Morgan fingerprint density at radius 1 is 1.00 bits per heavy atom. The van der Waals surface area contributed by atoms with E-state index in [-0.39, 0.29) is 23.6 Å². The number of anilines is 1. The second-order valence-electron chi connectivity index (χ2n) is 7.52. The van der Waals surface area contributed by atoms with Crippen molar-refractivity contribution in [2.24, 2.45) is 0 Å². The van der Waals surface area contributed by atoms with Crippen LogP contribution in [0.25, 0.3) is 0 Å². The van der Waals surface area contributed by atoms with Gasteiger partial charge in [0.05, 0.1) is 6.54 Å². The van der Waals surface area contributed by atoms with Gasteiger partial charge in [-0.3, -0.25) is 19.3 Å². The monoisotopic (exact) mass is 393 g/mol. The van der Waals surface area contributed by atoms with Gasteiger partial charge in [-0.1, -0.05) is 18.2 Å². The highest BCUT2D eigenvalue weighted by atomic mass is 16.2. The number of carbonyl (C=O) groups is 3. The average Bonchev–Trinajstić information content (AvgIpc) is 2.70. The van der Waals surface area contributed by atoms with Gasteiger partial charge in [0.15, 0.2) is 5.78 Å². The van der Waals surface area contributed by atoms with Crippen molar-refractivity contribution in [1.82, 2.24) is 10.2 Å². The minimum absolute atomic E-state index is 0.000244. The molecule has 0 spiro atoms. The third-order valence-corrected chi connectivity index (χ3v) is 5.25. The molecule has 2 aromatic carbocycles.